The Kier molecular flexibility index (Phi) is 3.98. The number of fused-ring (bicyclic) bond motifs is 1. The molecular weight excluding hydrogens is 304 g/mol. The highest BCUT2D eigenvalue weighted by Crippen LogP contribution is 2.35. The fourth-order valence-electron chi connectivity index (χ4n) is 3.22. The molecule has 3 heterocycles. The minimum absolute atomic E-state index is 0.186. The smallest absolute Gasteiger partial charge is 0.238 e. The maximum absolute atomic E-state index is 5.66. The number of benzene rings is 1. The van der Waals surface area contributed by atoms with E-state index in [-0.39, 0.29) is 6.29 Å². The van der Waals surface area contributed by atoms with E-state index in [1.165, 1.54) is 5.56 Å². The summed E-state index contributed by atoms with van der Waals surface area (Å²) in [6, 6.07) is 6.22. The molecule has 1 atom stereocenters. The SMILES string of the molecule is Cc1cncc(N2CCN(Cc3ccc4c(c3)OC(C)O4)CC2)n1. The molecule has 126 valence electrons. The zero-order valence-electron chi connectivity index (χ0n) is 14.1. The molecule has 2 aliphatic rings. The summed E-state index contributed by atoms with van der Waals surface area (Å²) in [5, 5.41) is 0. The summed E-state index contributed by atoms with van der Waals surface area (Å²) in [6.07, 6.45) is 3.45. The van der Waals surface area contributed by atoms with E-state index in [1.807, 2.05) is 26.1 Å². The van der Waals surface area contributed by atoms with Gasteiger partial charge in [0.15, 0.2) is 11.5 Å². The second kappa shape index (κ2) is 6.28. The van der Waals surface area contributed by atoms with Crippen LogP contribution in [0.4, 0.5) is 5.82 Å². The molecule has 1 aromatic carbocycles. The Morgan fingerprint density at radius 3 is 2.67 bits per heavy atom. The van der Waals surface area contributed by atoms with Crippen molar-refractivity contribution in [1.82, 2.24) is 14.9 Å². The second-order valence-electron chi connectivity index (χ2n) is 6.37. The number of aryl methyl sites for hydroxylation is 1. The first-order chi connectivity index (χ1) is 11.7. The number of ether oxygens (including phenoxy) is 2. The summed E-state index contributed by atoms with van der Waals surface area (Å²) in [6.45, 7) is 8.79. The summed E-state index contributed by atoms with van der Waals surface area (Å²) >= 11 is 0. The number of hydrogen-bond donors (Lipinski definition) is 0. The Labute approximate surface area is 142 Å². The lowest BCUT2D eigenvalue weighted by Crippen LogP contribution is -2.46. The molecule has 1 aromatic heterocycles. The van der Waals surface area contributed by atoms with Crippen molar-refractivity contribution in [3.05, 3.63) is 41.9 Å². The van der Waals surface area contributed by atoms with Gasteiger partial charge in [-0.1, -0.05) is 6.07 Å². The Morgan fingerprint density at radius 1 is 1.08 bits per heavy atom. The molecular formula is C18H22N4O2. The average Bonchev–Trinajstić information content (AvgIpc) is 2.95. The second-order valence-corrected chi connectivity index (χ2v) is 6.37. The van der Waals surface area contributed by atoms with Crippen LogP contribution in [0.15, 0.2) is 30.6 Å². The monoisotopic (exact) mass is 326 g/mol. The number of rotatable bonds is 3. The van der Waals surface area contributed by atoms with Crippen molar-refractivity contribution >= 4 is 5.82 Å². The Bertz CT molecular complexity index is 729. The molecule has 0 amide bonds. The minimum atomic E-state index is -0.186. The van der Waals surface area contributed by atoms with Crippen LogP contribution in [0.5, 0.6) is 11.5 Å². The van der Waals surface area contributed by atoms with Gasteiger partial charge in [0.25, 0.3) is 0 Å². The first kappa shape index (κ1) is 15.2. The summed E-state index contributed by atoms with van der Waals surface area (Å²) in [4.78, 5) is 13.6. The largest absolute Gasteiger partial charge is 0.451 e. The van der Waals surface area contributed by atoms with Crippen molar-refractivity contribution in [2.45, 2.75) is 26.7 Å². The lowest BCUT2D eigenvalue weighted by Gasteiger charge is -2.35. The molecule has 0 aliphatic carbocycles. The molecule has 0 spiro atoms. The minimum Gasteiger partial charge on any atom is -0.451 e. The normalized spacial score (nSPS) is 20.4. The van der Waals surface area contributed by atoms with E-state index in [0.29, 0.717) is 0 Å². The molecule has 0 bridgehead atoms. The predicted octanol–water partition coefficient (Wildman–Crippen LogP) is 2.22. The van der Waals surface area contributed by atoms with Gasteiger partial charge in [0, 0.05) is 45.8 Å². The molecule has 6 heteroatoms. The van der Waals surface area contributed by atoms with E-state index in [0.717, 1.165) is 55.7 Å². The Hall–Kier alpha value is -2.34. The van der Waals surface area contributed by atoms with E-state index >= 15 is 0 Å². The highest BCUT2D eigenvalue weighted by Gasteiger charge is 2.22. The van der Waals surface area contributed by atoms with Crippen LogP contribution in [0.1, 0.15) is 18.2 Å². The van der Waals surface area contributed by atoms with Crippen molar-refractivity contribution in [3.63, 3.8) is 0 Å². The number of aromatic nitrogens is 2. The molecule has 1 unspecified atom stereocenters. The molecule has 1 fully saturated rings. The standard InChI is InChI=1S/C18H22N4O2/c1-13-10-19-11-18(20-13)22-7-5-21(6-8-22)12-15-3-4-16-17(9-15)24-14(2)23-16/h3-4,9-11,14H,5-8,12H2,1-2H3. The Morgan fingerprint density at radius 2 is 1.88 bits per heavy atom. The van der Waals surface area contributed by atoms with Gasteiger partial charge in [-0.2, -0.15) is 0 Å². The molecule has 1 saturated heterocycles. The summed E-state index contributed by atoms with van der Waals surface area (Å²) in [5.41, 5.74) is 2.22. The first-order valence-electron chi connectivity index (χ1n) is 8.39. The van der Waals surface area contributed by atoms with Crippen molar-refractivity contribution in [3.8, 4) is 11.5 Å². The van der Waals surface area contributed by atoms with Crippen molar-refractivity contribution in [2.24, 2.45) is 0 Å². The Balaban J connectivity index is 1.36. The van der Waals surface area contributed by atoms with Crippen LogP contribution in [0, 0.1) is 6.92 Å². The van der Waals surface area contributed by atoms with Crippen LogP contribution in [0.2, 0.25) is 0 Å². The van der Waals surface area contributed by atoms with E-state index in [9.17, 15) is 0 Å². The van der Waals surface area contributed by atoms with Gasteiger partial charge in [0.05, 0.1) is 11.9 Å². The fourth-order valence-corrected chi connectivity index (χ4v) is 3.22. The van der Waals surface area contributed by atoms with Crippen molar-refractivity contribution < 1.29 is 9.47 Å². The molecule has 6 nitrogen and oxygen atoms in total. The highest BCUT2D eigenvalue weighted by molar-refractivity contribution is 5.45. The number of hydrogen-bond acceptors (Lipinski definition) is 6. The van der Waals surface area contributed by atoms with Gasteiger partial charge in [-0.3, -0.25) is 9.88 Å². The van der Waals surface area contributed by atoms with Crippen LogP contribution in [0.25, 0.3) is 0 Å². The highest BCUT2D eigenvalue weighted by atomic mass is 16.7. The first-order valence-corrected chi connectivity index (χ1v) is 8.39. The lowest BCUT2D eigenvalue weighted by molar-refractivity contribution is 0.0678. The quantitative estimate of drug-likeness (QED) is 0.862. The van der Waals surface area contributed by atoms with Crippen LogP contribution < -0.4 is 14.4 Å². The third kappa shape index (κ3) is 3.14. The number of nitrogens with zero attached hydrogens (tertiary/aromatic N) is 4. The van der Waals surface area contributed by atoms with Gasteiger partial charge in [-0.05, 0) is 24.6 Å². The maximum Gasteiger partial charge on any atom is 0.238 e. The van der Waals surface area contributed by atoms with Crippen LogP contribution in [-0.2, 0) is 6.54 Å². The van der Waals surface area contributed by atoms with E-state index < -0.39 is 0 Å². The maximum atomic E-state index is 5.66. The average molecular weight is 326 g/mol. The topological polar surface area (TPSA) is 50.7 Å². The van der Waals surface area contributed by atoms with Crippen LogP contribution in [-0.4, -0.2) is 47.3 Å². The van der Waals surface area contributed by atoms with E-state index in [1.54, 1.807) is 6.20 Å². The molecule has 2 aliphatic heterocycles. The molecule has 0 N–H and O–H groups in total. The zero-order valence-corrected chi connectivity index (χ0v) is 14.1. The van der Waals surface area contributed by atoms with E-state index in [2.05, 4.69) is 31.9 Å². The van der Waals surface area contributed by atoms with Gasteiger partial charge in [-0.15, -0.1) is 0 Å². The predicted molar refractivity (Wildman–Crippen MR) is 91.4 cm³/mol. The third-order valence-electron chi connectivity index (χ3n) is 4.44. The summed E-state index contributed by atoms with van der Waals surface area (Å²) in [7, 11) is 0. The lowest BCUT2D eigenvalue weighted by atomic mass is 10.1. The van der Waals surface area contributed by atoms with Gasteiger partial charge in [-0.25, -0.2) is 4.98 Å². The zero-order chi connectivity index (χ0) is 16.5. The van der Waals surface area contributed by atoms with Crippen LogP contribution in [0.3, 0.4) is 0 Å². The number of anilines is 1. The van der Waals surface area contributed by atoms with Gasteiger partial charge in [0.2, 0.25) is 6.29 Å². The van der Waals surface area contributed by atoms with Crippen LogP contribution >= 0.6 is 0 Å². The summed E-state index contributed by atoms with van der Waals surface area (Å²) < 4.78 is 11.2. The summed E-state index contributed by atoms with van der Waals surface area (Å²) in [5.74, 6) is 2.68. The molecule has 0 saturated carbocycles. The number of piperazine rings is 1. The molecule has 4 rings (SSSR count). The van der Waals surface area contributed by atoms with Crippen molar-refractivity contribution in [2.75, 3.05) is 31.1 Å². The van der Waals surface area contributed by atoms with Gasteiger partial charge in [0.1, 0.15) is 5.82 Å². The molecule has 24 heavy (non-hydrogen) atoms. The molecule has 0 radical (unpaired) electrons. The fraction of sp³-hybridized carbons (Fsp3) is 0.444. The van der Waals surface area contributed by atoms with Gasteiger partial charge >= 0.3 is 0 Å². The van der Waals surface area contributed by atoms with Crippen molar-refractivity contribution in [1.29, 1.82) is 0 Å². The molecule has 2 aromatic rings. The van der Waals surface area contributed by atoms with Gasteiger partial charge < -0.3 is 14.4 Å². The van der Waals surface area contributed by atoms with E-state index in [4.69, 9.17) is 9.47 Å². The third-order valence-corrected chi connectivity index (χ3v) is 4.44.